The summed E-state index contributed by atoms with van der Waals surface area (Å²) in [5.74, 6) is -0.148. The van der Waals surface area contributed by atoms with Crippen LogP contribution in [0.4, 0.5) is 5.69 Å². The van der Waals surface area contributed by atoms with Gasteiger partial charge in [-0.25, -0.2) is 4.99 Å². The van der Waals surface area contributed by atoms with Crippen LogP contribution in [0, 0.1) is 0 Å². The molecular formula is C23H23N5O2S. The molecule has 1 aliphatic heterocycles. The molecule has 2 aromatic carbocycles. The van der Waals surface area contributed by atoms with E-state index in [2.05, 4.69) is 15.4 Å². The zero-order valence-corrected chi connectivity index (χ0v) is 18.2. The van der Waals surface area contributed by atoms with Crippen molar-refractivity contribution in [2.24, 2.45) is 4.99 Å². The third kappa shape index (κ3) is 4.54. The minimum Gasteiger partial charge on any atom is -0.325 e. The topological polar surface area (TPSA) is 79.6 Å². The van der Waals surface area contributed by atoms with Gasteiger partial charge in [-0.05, 0) is 31.4 Å². The van der Waals surface area contributed by atoms with Gasteiger partial charge in [-0.2, -0.15) is 5.10 Å². The van der Waals surface area contributed by atoms with Gasteiger partial charge >= 0.3 is 0 Å². The van der Waals surface area contributed by atoms with E-state index in [0.29, 0.717) is 17.4 Å². The number of likely N-dealkylation sites (N-methyl/N-ethyl adjacent to an activating group) is 1. The summed E-state index contributed by atoms with van der Waals surface area (Å²) < 4.78 is 1.79. The number of aryl methyl sites for hydroxylation is 1. The molecule has 1 aliphatic rings. The van der Waals surface area contributed by atoms with Gasteiger partial charge in [-0.15, -0.1) is 0 Å². The van der Waals surface area contributed by atoms with Gasteiger partial charge in [0.05, 0.1) is 11.9 Å². The standard InChI is InChI=1S/C23H23N5O2S/c1-3-27-14-16(13-24-27)12-20-22(30)28(4-2)23(26-20)31-15-21(29)25-19-11-7-9-17-8-5-6-10-18(17)19/h5-14H,3-4,15H2,1-2H3,(H,25,29). The highest BCUT2D eigenvalue weighted by molar-refractivity contribution is 8.14. The number of carbonyl (C=O) groups is 2. The number of anilines is 1. The fourth-order valence-electron chi connectivity index (χ4n) is 3.36. The third-order valence-corrected chi connectivity index (χ3v) is 5.88. The van der Waals surface area contributed by atoms with Crippen LogP contribution in [0.25, 0.3) is 16.8 Å². The van der Waals surface area contributed by atoms with Crippen molar-refractivity contribution in [3.63, 3.8) is 0 Å². The lowest BCUT2D eigenvalue weighted by Crippen LogP contribution is -2.31. The fraction of sp³-hybridized carbons (Fsp3) is 0.217. The highest BCUT2D eigenvalue weighted by Gasteiger charge is 2.29. The van der Waals surface area contributed by atoms with Crippen LogP contribution in [0.5, 0.6) is 0 Å². The van der Waals surface area contributed by atoms with Crippen molar-refractivity contribution in [2.75, 3.05) is 17.6 Å². The minimum absolute atomic E-state index is 0.144. The molecule has 0 radical (unpaired) electrons. The number of amides is 2. The molecule has 2 heterocycles. The number of aliphatic imine (C=N–C) groups is 1. The number of benzene rings is 2. The largest absolute Gasteiger partial charge is 0.325 e. The summed E-state index contributed by atoms with van der Waals surface area (Å²) >= 11 is 1.26. The molecule has 3 aromatic rings. The summed E-state index contributed by atoms with van der Waals surface area (Å²) in [7, 11) is 0. The summed E-state index contributed by atoms with van der Waals surface area (Å²) in [4.78, 5) is 31.4. The van der Waals surface area contributed by atoms with E-state index in [-0.39, 0.29) is 17.6 Å². The molecule has 0 fully saturated rings. The van der Waals surface area contributed by atoms with E-state index in [4.69, 9.17) is 0 Å². The van der Waals surface area contributed by atoms with Crippen molar-refractivity contribution in [2.45, 2.75) is 20.4 Å². The lowest BCUT2D eigenvalue weighted by Gasteiger charge is -2.15. The number of fused-ring (bicyclic) bond motifs is 1. The van der Waals surface area contributed by atoms with E-state index in [1.54, 1.807) is 21.9 Å². The van der Waals surface area contributed by atoms with Crippen LogP contribution in [0.3, 0.4) is 0 Å². The Morgan fingerprint density at radius 3 is 2.71 bits per heavy atom. The zero-order chi connectivity index (χ0) is 21.8. The molecular weight excluding hydrogens is 410 g/mol. The Bertz CT molecular complexity index is 1190. The van der Waals surface area contributed by atoms with Crippen molar-refractivity contribution in [3.05, 3.63) is 66.1 Å². The summed E-state index contributed by atoms with van der Waals surface area (Å²) in [5, 5.41) is 9.78. The number of rotatable bonds is 6. The first-order valence-electron chi connectivity index (χ1n) is 10.1. The number of carbonyl (C=O) groups excluding carboxylic acids is 2. The first kappa shape index (κ1) is 20.9. The normalized spacial score (nSPS) is 15.0. The van der Waals surface area contributed by atoms with E-state index < -0.39 is 0 Å². The van der Waals surface area contributed by atoms with E-state index in [1.165, 1.54) is 11.8 Å². The van der Waals surface area contributed by atoms with Crippen molar-refractivity contribution >= 4 is 51.3 Å². The average Bonchev–Trinajstić information content (AvgIpc) is 3.36. The van der Waals surface area contributed by atoms with Crippen LogP contribution < -0.4 is 5.32 Å². The summed E-state index contributed by atoms with van der Waals surface area (Å²) in [6, 6.07) is 13.7. The quantitative estimate of drug-likeness (QED) is 0.596. The molecule has 0 bridgehead atoms. The summed E-state index contributed by atoms with van der Waals surface area (Å²) in [5.41, 5.74) is 1.95. The molecule has 0 saturated heterocycles. The van der Waals surface area contributed by atoms with Gasteiger partial charge in [0, 0.05) is 35.9 Å². The van der Waals surface area contributed by atoms with Crippen LogP contribution in [-0.4, -0.2) is 44.0 Å². The molecule has 8 heteroatoms. The Kier molecular flexibility index (Phi) is 6.18. The van der Waals surface area contributed by atoms with E-state index >= 15 is 0 Å². The molecule has 7 nitrogen and oxygen atoms in total. The zero-order valence-electron chi connectivity index (χ0n) is 17.4. The average molecular weight is 434 g/mol. The number of hydrogen-bond acceptors (Lipinski definition) is 5. The van der Waals surface area contributed by atoms with Crippen LogP contribution >= 0.6 is 11.8 Å². The van der Waals surface area contributed by atoms with Gasteiger partial charge in [-0.1, -0.05) is 48.2 Å². The maximum atomic E-state index is 12.7. The molecule has 2 amide bonds. The van der Waals surface area contributed by atoms with Crippen molar-refractivity contribution in [3.8, 4) is 0 Å². The van der Waals surface area contributed by atoms with E-state index in [1.807, 2.05) is 62.5 Å². The van der Waals surface area contributed by atoms with Gasteiger partial charge in [0.1, 0.15) is 5.70 Å². The maximum Gasteiger partial charge on any atom is 0.278 e. The van der Waals surface area contributed by atoms with Crippen LogP contribution in [0.15, 0.2) is 65.5 Å². The lowest BCUT2D eigenvalue weighted by atomic mass is 10.1. The Morgan fingerprint density at radius 1 is 1.13 bits per heavy atom. The predicted molar refractivity (Wildman–Crippen MR) is 126 cm³/mol. The van der Waals surface area contributed by atoms with Gasteiger partial charge in [-0.3, -0.25) is 19.2 Å². The molecule has 1 aromatic heterocycles. The molecule has 0 spiro atoms. The Morgan fingerprint density at radius 2 is 1.94 bits per heavy atom. The number of thioether (sulfide) groups is 1. The van der Waals surface area contributed by atoms with Crippen LogP contribution in [0.2, 0.25) is 0 Å². The number of amidine groups is 1. The molecule has 0 unspecified atom stereocenters. The maximum absolute atomic E-state index is 12.7. The molecule has 1 N–H and O–H groups in total. The van der Waals surface area contributed by atoms with E-state index in [9.17, 15) is 9.59 Å². The highest BCUT2D eigenvalue weighted by atomic mass is 32.2. The third-order valence-electron chi connectivity index (χ3n) is 4.90. The molecule has 4 rings (SSSR count). The molecule has 0 aliphatic carbocycles. The summed E-state index contributed by atoms with van der Waals surface area (Å²) in [6.45, 7) is 5.14. The SMILES string of the molecule is CCN1C(=O)C(=Cc2cnn(CC)c2)N=C1SCC(=O)Nc1cccc2ccccc12. The minimum atomic E-state index is -0.163. The summed E-state index contributed by atoms with van der Waals surface area (Å²) in [6.07, 6.45) is 5.31. The van der Waals surface area contributed by atoms with Gasteiger partial charge in [0.25, 0.3) is 5.91 Å². The number of nitrogens with zero attached hydrogens (tertiary/aromatic N) is 4. The van der Waals surface area contributed by atoms with Crippen molar-refractivity contribution in [1.29, 1.82) is 0 Å². The molecule has 31 heavy (non-hydrogen) atoms. The number of nitrogens with one attached hydrogen (secondary N) is 1. The smallest absolute Gasteiger partial charge is 0.278 e. The second-order valence-corrected chi connectivity index (χ2v) is 7.91. The number of aromatic nitrogens is 2. The monoisotopic (exact) mass is 433 g/mol. The highest BCUT2D eigenvalue weighted by Crippen LogP contribution is 2.25. The van der Waals surface area contributed by atoms with Crippen LogP contribution in [0.1, 0.15) is 19.4 Å². The first-order valence-corrected chi connectivity index (χ1v) is 11.1. The Labute approximate surface area is 184 Å². The Hall–Kier alpha value is -3.39. The van der Waals surface area contributed by atoms with Crippen LogP contribution in [-0.2, 0) is 16.1 Å². The first-order chi connectivity index (χ1) is 15.1. The van der Waals surface area contributed by atoms with Gasteiger partial charge in [0.15, 0.2) is 5.17 Å². The van der Waals surface area contributed by atoms with Gasteiger partial charge < -0.3 is 5.32 Å². The second kappa shape index (κ2) is 9.18. The van der Waals surface area contributed by atoms with Crippen molar-refractivity contribution in [1.82, 2.24) is 14.7 Å². The lowest BCUT2D eigenvalue weighted by molar-refractivity contribution is -0.122. The molecule has 158 valence electrons. The van der Waals surface area contributed by atoms with E-state index in [0.717, 1.165) is 28.6 Å². The van der Waals surface area contributed by atoms with Gasteiger partial charge in [0.2, 0.25) is 5.91 Å². The molecule has 0 saturated carbocycles. The Balaban J connectivity index is 1.46. The second-order valence-electron chi connectivity index (χ2n) is 6.97. The molecule has 0 atom stereocenters. The predicted octanol–water partition coefficient (Wildman–Crippen LogP) is 3.99. The number of hydrogen-bond donors (Lipinski definition) is 1. The van der Waals surface area contributed by atoms with Crippen molar-refractivity contribution < 1.29 is 9.59 Å². The fourth-order valence-corrected chi connectivity index (χ4v) is 4.22.